The summed E-state index contributed by atoms with van der Waals surface area (Å²) in [6.07, 6.45) is 15.1. The van der Waals surface area contributed by atoms with Crippen molar-refractivity contribution < 1.29 is 9.53 Å². The minimum atomic E-state index is -0.590. The van der Waals surface area contributed by atoms with E-state index >= 15 is 0 Å². The quantitative estimate of drug-likeness (QED) is 0.665. The molecule has 0 spiro atoms. The van der Waals surface area contributed by atoms with E-state index in [-0.39, 0.29) is 17.7 Å². The van der Waals surface area contributed by atoms with Crippen LogP contribution in [-0.2, 0) is 4.79 Å². The number of rotatable bonds is 5. The van der Waals surface area contributed by atoms with E-state index < -0.39 is 5.60 Å². The number of carbonyl (C=O) groups is 1. The maximum absolute atomic E-state index is 13.2. The Morgan fingerprint density at radius 3 is 2.87 bits per heavy atom. The molecule has 2 aliphatic carbocycles. The molecule has 0 bridgehead atoms. The lowest BCUT2D eigenvalue weighted by molar-refractivity contribution is -0.119. The number of allylic oxidation sites excluding steroid dienone is 3. The molecule has 3 aromatic rings. The SMILES string of the molecule is Cc1ncc(O[C@@]2(C3C=CC=CC3)C[C@H]2C(=O)Nc2ccc3ccncc3c2)c(C)n1. The zero-order valence-electron chi connectivity index (χ0n) is 17.6. The molecule has 6 heteroatoms. The average Bonchev–Trinajstić information content (AvgIpc) is 3.52. The van der Waals surface area contributed by atoms with Gasteiger partial charge in [-0.15, -0.1) is 0 Å². The number of amides is 1. The summed E-state index contributed by atoms with van der Waals surface area (Å²) in [6, 6.07) is 7.82. The summed E-state index contributed by atoms with van der Waals surface area (Å²) in [5, 5.41) is 5.16. The molecule has 2 aliphatic rings. The van der Waals surface area contributed by atoms with Gasteiger partial charge in [-0.25, -0.2) is 9.97 Å². The van der Waals surface area contributed by atoms with Crippen LogP contribution in [0, 0.1) is 25.7 Å². The van der Waals surface area contributed by atoms with Gasteiger partial charge in [0.1, 0.15) is 11.4 Å². The van der Waals surface area contributed by atoms with Gasteiger partial charge in [0.25, 0.3) is 0 Å². The Hall–Kier alpha value is -3.54. The highest BCUT2D eigenvalue weighted by atomic mass is 16.5. The van der Waals surface area contributed by atoms with Gasteiger partial charge in [-0.2, -0.15) is 0 Å². The van der Waals surface area contributed by atoms with Gasteiger partial charge < -0.3 is 10.1 Å². The van der Waals surface area contributed by atoms with Crippen molar-refractivity contribution in [1.29, 1.82) is 0 Å². The molecule has 1 fully saturated rings. The number of aromatic nitrogens is 3. The highest BCUT2D eigenvalue weighted by molar-refractivity contribution is 5.97. The molecule has 156 valence electrons. The van der Waals surface area contributed by atoms with Gasteiger partial charge in [0, 0.05) is 35.8 Å². The summed E-state index contributed by atoms with van der Waals surface area (Å²) in [4.78, 5) is 26.1. The Kier molecular flexibility index (Phi) is 4.77. The zero-order chi connectivity index (χ0) is 21.4. The average molecular weight is 412 g/mol. The number of carbonyl (C=O) groups excluding carboxylic acids is 1. The van der Waals surface area contributed by atoms with Gasteiger partial charge >= 0.3 is 0 Å². The van der Waals surface area contributed by atoms with Crippen molar-refractivity contribution in [2.24, 2.45) is 11.8 Å². The summed E-state index contributed by atoms with van der Waals surface area (Å²) in [5.74, 6) is 1.18. The third-order valence-electron chi connectivity index (χ3n) is 6.14. The Morgan fingerprint density at radius 1 is 1.16 bits per heavy atom. The van der Waals surface area contributed by atoms with Gasteiger partial charge in [-0.3, -0.25) is 9.78 Å². The summed E-state index contributed by atoms with van der Waals surface area (Å²) in [7, 11) is 0. The van der Waals surface area contributed by atoms with Crippen LogP contribution in [0.3, 0.4) is 0 Å². The summed E-state index contributed by atoms with van der Waals surface area (Å²) in [5.41, 5.74) is 0.961. The molecule has 1 N–H and O–H groups in total. The van der Waals surface area contributed by atoms with E-state index in [0.29, 0.717) is 18.0 Å². The van der Waals surface area contributed by atoms with Crippen LogP contribution in [-0.4, -0.2) is 26.5 Å². The first-order valence-corrected chi connectivity index (χ1v) is 10.5. The molecule has 2 aromatic heterocycles. The lowest BCUT2D eigenvalue weighted by Gasteiger charge is -2.28. The van der Waals surface area contributed by atoms with Crippen LogP contribution in [0.5, 0.6) is 5.75 Å². The monoisotopic (exact) mass is 412 g/mol. The Balaban J connectivity index is 1.39. The fraction of sp³-hybridized carbons (Fsp3) is 0.280. The Morgan fingerprint density at radius 2 is 2.06 bits per heavy atom. The molecule has 1 amide bonds. The number of hydrogen-bond acceptors (Lipinski definition) is 5. The number of pyridine rings is 1. The maximum Gasteiger partial charge on any atom is 0.231 e. The zero-order valence-corrected chi connectivity index (χ0v) is 17.6. The molecule has 1 aromatic carbocycles. The van der Waals surface area contributed by atoms with Crippen LogP contribution in [0.4, 0.5) is 5.69 Å². The number of ether oxygens (including phenoxy) is 1. The van der Waals surface area contributed by atoms with Gasteiger partial charge in [0.2, 0.25) is 5.91 Å². The van der Waals surface area contributed by atoms with Gasteiger partial charge in [-0.1, -0.05) is 30.4 Å². The summed E-state index contributed by atoms with van der Waals surface area (Å²) in [6.45, 7) is 3.77. The second-order valence-corrected chi connectivity index (χ2v) is 8.26. The second kappa shape index (κ2) is 7.61. The van der Waals surface area contributed by atoms with E-state index in [1.807, 2.05) is 50.3 Å². The smallest absolute Gasteiger partial charge is 0.231 e. The largest absolute Gasteiger partial charge is 0.482 e. The third-order valence-corrected chi connectivity index (χ3v) is 6.14. The highest BCUT2D eigenvalue weighted by Gasteiger charge is 2.64. The second-order valence-electron chi connectivity index (χ2n) is 8.26. The molecular weight excluding hydrogens is 388 g/mol. The molecule has 0 radical (unpaired) electrons. The molecule has 3 atom stereocenters. The van der Waals surface area contributed by atoms with E-state index in [4.69, 9.17) is 4.74 Å². The third kappa shape index (κ3) is 3.69. The van der Waals surface area contributed by atoms with Crippen molar-refractivity contribution in [2.75, 3.05) is 5.32 Å². The number of nitrogens with zero attached hydrogens (tertiary/aromatic N) is 3. The van der Waals surface area contributed by atoms with Gasteiger partial charge in [0.15, 0.2) is 5.75 Å². The molecule has 1 saturated carbocycles. The van der Waals surface area contributed by atoms with Crippen LogP contribution < -0.4 is 10.1 Å². The highest BCUT2D eigenvalue weighted by Crippen LogP contribution is 2.55. The molecule has 6 nitrogen and oxygen atoms in total. The first-order valence-electron chi connectivity index (χ1n) is 10.5. The van der Waals surface area contributed by atoms with Crippen molar-refractivity contribution >= 4 is 22.4 Å². The van der Waals surface area contributed by atoms with Crippen LogP contribution in [0.2, 0.25) is 0 Å². The lowest BCUT2D eigenvalue weighted by Crippen LogP contribution is -2.35. The van der Waals surface area contributed by atoms with Crippen molar-refractivity contribution in [3.63, 3.8) is 0 Å². The minimum Gasteiger partial charge on any atom is -0.482 e. The standard InChI is InChI=1S/C25H24N4O2/c1-16-23(15-27-17(2)28-16)31-25(20-6-4-3-5-7-20)13-22(25)24(30)29-21-9-8-18-10-11-26-14-19(18)12-21/h3-6,8-12,14-15,20,22H,7,13H2,1-2H3,(H,29,30)/t20?,22-,25+/m0/s1. The number of hydrogen-bond donors (Lipinski definition) is 1. The number of fused-ring (bicyclic) bond motifs is 1. The van der Waals surface area contributed by atoms with E-state index in [0.717, 1.165) is 28.6 Å². The van der Waals surface area contributed by atoms with E-state index in [1.54, 1.807) is 18.6 Å². The molecule has 0 aliphatic heterocycles. The van der Waals surface area contributed by atoms with E-state index in [2.05, 4.69) is 32.4 Å². The molecule has 1 unspecified atom stereocenters. The maximum atomic E-state index is 13.2. The topological polar surface area (TPSA) is 77.0 Å². The number of anilines is 1. The Labute approximate surface area is 181 Å². The van der Waals surface area contributed by atoms with Crippen LogP contribution in [0.25, 0.3) is 10.8 Å². The number of aryl methyl sites for hydroxylation is 2. The molecule has 0 saturated heterocycles. The van der Waals surface area contributed by atoms with E-state index in [9.17, 15) is 4.79 Å². The van der Waals surface area contributed by atoms with E-state index in [1.165, 1.54) is 0 Å². The van der Waals surface area contributed by atoms with Crippen molar-refractivity contribution in [1.82, 2.24) is 15.0 Å². The summed E-state index contributed by atoms with van der Waals surface area (Å²) >= 11 is 0. The first kappa shape index (κ1) is 19.4. The normalized spacial score (nSPS) is 24.2. The Bertz CT molecular complexity index is 1220. The fourth-order valence-corrected chi connectivity index (χ4v) is 4.39. The van der Waals surface area contributed by atoms with Crippen molar-refractivity contribution in [3.05, 3.63) is 78.7 Å². The van der Waals surface area contributed by atoms with Crippen LogP contribution in [0.1, 0.15) is 24.4 Å². The predicted octanol–water partition coefficient (Wildman–Crippen LogP) is 4.55. The fourth-order valence-electron chi connectivity index (χ4n) is 4.39. The molecule has 5 rings (SSSR count). The molecule has 31 heavy (non-hydrogen) atoms. The van der Waals surface area contributed by atoms with Crippen LogP contribution >= 0.6 is 0 Å². The molecule has 2 heterocycles. The number of nitrogens with one attached hydrogen (secondary N) is 1. The summed E-state index contributed by atoms with van der Waals surface area (Å²) < 4.78 is 6.50. The molecular formula is C25H24N4O2. The van der Waals surface area contributed by atoms with Crippen molar-refractivity contribution in [2.45, 2.75) is 32.3 Å². The van der Waals surface area contributed by atoms with Crippen molar-refractivity contribution in [3.8, 4) is 5.75 Å². The lowest BCUT2D eigenvalue weighted by atomic mass is 9.90. The van der Waals surface area contributed by atoms with Gasteiger partial charge in [0.05, 0.1) is 17.8 Å². The minimum absolute atomic E-state index is 0.0307. The van der Waals surface area contributed by atoms with Gasteiger partial charge in [-0.05, 0) is 43.9 Å². The van der Waals surface area contributed by atoms with Crippen LogP contribution in [0.15, 0.2) is 67.2 Å². The number of benzene rings is 1. The predicted molar refractivity (Wildman–Crippen MR) is 120 cm³/mol. The first-order chi connectivity index (χ1) is 15.0.